The van der Waals surface area contributed by atoms with Gasteiger partial charge in [-0.25, -0.2) is 13.4 Å². The Hall–Kier alpha value is -1.87. The van der Waals surface area contributed by atoms with Crippen LogP contribution in [0.15, 0.2) is 18.2 Å². The zero-order valence-corrected chi connectivity index (χ0v) is 12.0. The van der Waals surface area contributed by atoms with E-state index < -0.39 is 15.1 Å². The molecule has 1 aromatic carbocycles. The SMILES string of the molecule is Cn1c(C2CCCCS2(=O)=O)nc2c(C#N)cccc21. The Morgan fingerprint density at radius 1 is 1.40 bits per heavy atom. The standard InChI is InChI=1S/C14H15N3O2S/c1-17-11-6-4-5-10(9-15)13(11)16-14(17)12-7-2-3-8-20(12,18)19/h4-6,12H,2-3,7-8H2,1H3. The summed E-state index contributed by atoms with van der Waals surface area (Å²) in [5.41, 5.74) is 1.88. The molecule has 0 amide bonds. The molecule has 0 radical (unpaired) electrons. The molecule has 20 heavy (non-hydrogen) atoms. The van der Waals surface area contributed by atoms with Crippen LogP contribution in [0.5, 0.6) is 0 Å². The molecule has 1 saturated heterocycles. The van der Waals surface area contributed by atoms with Gasteiger partial charge >= 0.3 is 0 Å². The fraction of sp³-hybridized carbons (Fsp3) is 0.429. The minimum atomic E-state index is -3.13. The quantitative estimate of drug-likeness (QED) is 0.805. The average Bonchev–Trinajstić information content (AvgIpc) is 2.76. The summed E-state index contributed by atoms with van der Waals surface area (Å²) in [5.74, 6) is 0.786. The average molecular weight is 289 g/mol. The molecule has 5 nitrogen and oxygen atoms in total. The minimum absolute atomic E-state index is 0.228. The van der Waals surface area contributed by atoms with Crippen molar-refractivity contribution in [3.8, 4) is 6.07 Å². The number of sulfone groups is 1. The van der Waals surface area contributed by atoms with E-state index in [9.17, 15) is 8.42 Å². The molecule has 2 heterocycles. The molecule has 1 fully saturated rings. The summed E-state index contributed by atoms with van der Waals surface area (Å²) in [6.45, 7) is 0. The van der Waals surface area contributed by atoms with Crippen molar-refractivity contribution in [2.45, 2.75) is 24.5 Å². The molecule has 0 N–H and O–H groups in total. The van der Waals surface area contributed by atoms with E-state index in [2.05, 4.69) is 11.1 Å². The van der Waals surface area contributed by atoms with E-state index in [0.717, 1.165) is 18.4 Å². The van der Waals surface area contributed by atoms with Crippen molar-refractivity contribution < 1.29 is 8.42 Å². The number of rotatable bonds is 1. The number of nitrogens with zero attached hydrogens (tertiary/aromatic N) is 3. The predicted octanol–water partition coefficient (Wildman–Crippen LogP) is 2.08. The number of imidazole rings is 1. The van der Waals surface area contributed by atoms with Gasteiger partial charge in [-0.05, 0) is 25.0 Å². The summed E-state index contributed by atoms with van der Waals surface area (Å²) in [4.78, 5) is 4.46. The second kappa shape index (κ2) is 4.60. The lowest BCUT2D eigenvalue weighted by molar-refractivity contribution is 0.534. The number of hydrogen-bond donors (Lipinski definition) is 0. The van der Waals surface area contributed by atoms with E-state index in [1.165, 1.54) is 0 Å². The lowest BCUT2D eigenvalue weighted by atomic mass is 10.2. The normalized spacial score (nSPS) is 21.7. The zero-order valence-electron chi connectivity index (χ0n) is 11.2. The Labute approximate surface area is 117 Å². The highest BCUT2D eigenvalue weighted by Gasteiger charge is 2.34. The molecular formula is C14H15N3O2S. The van der Waals surface area contributed by atoms with Crippen LogP contribution in [-0.2, 0) is 16.9 Å². The molecule has 0 spiro atoms. The summed E-state index contributed by atoms with van der Waals surface area (Å²) in [6, 6.07) is 7.47. The summed E-state index contributed by atoms with van der Waals surface area (Å²) in [6.07, 6.45) is 2.24. The second-order valence-electron chi connectivity index (χ2n) is 5.17. The number of hydrogen-bond acceptors (Lipinski definition) is 4. The molecule has 2 aromatic rings. The molecule has 6 heteroatoms. The van der Waals surface area contributed by atoms with Crippen molar-refractivity contribution in [2.75, 3.05) is 5.75 Å². The van der Waals surface area contributed by atoms with E-state index in [0.29, 0.717) is 23.3 Å². The maximum atomic E-state index is 12.2. The van der Waals surface area contributed by atoms with Gasteiger partial charge in [-0.3, -0.25) is 0 Å². The van der Waals surface area contributed by atoms with Gasteiger partial charge in [-0.1, -0.05) is 12.5 Å². The van der Waals surface area contributed by atoms with Gasteiger partial charge in [0.1, 0.15) is 22.7 Å². The number of benzene rings is 1. The molecule has 1 aliphatic rings. The van der Waals surface area contributed by atoms with E-state index in [1.807, 2.05) is 17.7 Å². The third kappa shape index (κ3) is 1.90. The molecular weight excluding hydrogens is 274 g/mol. The van der Waals surface area contributed by atoms with Gasteiger partial charge in [0.25, 0.3) is 0 Å². The van der Waals surface area contributed by atoms with Crippen molar-refractivity contribution in [3.05, 3.63) is 29.6 Å². The Kier molecular flexibility index (Phi) is 3.02. The van der Waals surface area contributed by atoms with Crippen LogP contribution in [0.25, 0.3) is 11.0 Å². The van der Waals surface area contributed by atoms with E-state index >= 15 is 0 Å². The number of aryl methyl sites for hydroxylation is 1. The van der Waals surface area contributed by atoms with Gasteiger partial charge in [-0.15, -0.1) is 0 Å². The first-order valence-corrected chi connectivity index (χ1v) is 8.33. The lowest BCUT2D eigenvalue weighted by Gasteiger charge is -2.21. The largest absolute Gasteiger partial charge is 0.330 e. The van der Waals surface area contributed by atoms with Crippen molar-refractivity contribution >= 4 is 20.9 Å². The van der Waals surface area contributed by atoms with Crippen molar-refractivity contribution in [1.29, 1.82) is 5.26 Å². The van der Waals surface area contributed by atoms with Crippen LogP contribution in [0, 0.1) is 11.3 Å². The van der Waals surface area contributed by atoms with Gasteiger partial charge in [0, 0.05) is 7.05 Å². The first-order chi connectivity index (χ1) is 9.54. The molecule has 104 valence electrons. The van der Waals surface area contributed by atoms with Crippen LogP contribution in [0.2, 0.25) is 0 Å². The summed E-state index contributed by atoms with van der Waals surface area (Å²) < 4.78 is 26.3. The van der Waals surface area contributed by atoms with Gasteiger partial charge in [0.15, 0.2) is 9.84 Å². The third-order valence-corrected chi connectivity index (χ3v) is 6.10. The maximum absolute atomic E-state index is 12.2. The first-order valence-electron chi connectivity index (χ1n) is 6.61. The molecule has 0 saturated carbocycles. The second-order valence-corrected chi connectivity index (χ2v) is 7.47. The van der Waals surface area contributed by atoms with Crippen molar-refractivity contribution in [2.24, 2.45) is 7.05 Å². The summed E-state index contributed by atoms with van der Waals surface area (Å²) in [5, 5.41) is 8.59. The zero-order chi connectivity index (χ0) is 14.3. The van der Waals surface area contributed by atoms with Crippen LogP contribution < -0.4 is 0 Å². The smallest absolute Gasteiger partial charge is 0.160 e. The Morgan fingerprint density at radius 3 is 2.90 bits per heavy atom. The Balaban J connectivity index is 2.23. The summed E-state index contributed by atoms with van der Waals surface area (Å²) >= 11 is 0. The van der Waals surface area contributed by atoms with E-state index in [4.69, 9.17) is 5.26 Å². The highest BCUT2D eigenvalue weighted by Crippen LogP contribution is 2.34. The summed E-state index contributed by atoms with van der Waals surface area (Å²) in [7, 11) is -1.32. The number of para-hydroxylation sites is 1. The van der Waals surface area contributed by atoms with E-state index in [-0.39, 0.29) is 5.75 Å². The molecule has 1 unspecified atom stereocenters. The number of fused-ring (bicyclic) bond motifs is 1. The Bertz CT molecular complexity index is 815. The highest BCUT2D eigenvalue weighted by molar-refractivity contribution is 7.91. The van der Waals surface area contributed by atoms with Crippen LogP contribution >= 0.6 is 0 Å². The Morgan fingerprint density at radius 2 is 2.20 bits per heavy atom. The van der Waals surface area contributed by atoms with Crippen LogP contribution in [0.1, 0.15) is 35.9 Å². The number of nitriles is 1. The minimum Gasteiger partial charge on any atom is -0.330 e. The molecule has 1 aromatic heterocycles. The van der Waals surface area contributed by atoms with Gasteiger partial charge in [0.05, 0.1) is 16.8 Å². The van der Waals surface area contributed by atoms with Crippen LogP contribution in [0.3, 0.4) is 0 Å². The molecule has 1 atom stereocenters. The number of aromatic nitrogens is 2. The van der Waals surface area contributed by atoms with Crippen LogP contribution in [0.4, 0.5) is 0 Å². The third-order valence-electron chi connectivity index (χ3n) is 3.93. The lowest BCUT2D eigenvalue weighted by Crippen LogP contribution is -2.24. The van der Waals surface area contributed by atoms with Gasteiger partial charge in [0.2, 0.25) is 0 Å². The fourth-order valence-corrected chi connectivity index (χ4v) is 4.80. The molecule has 0 aliphatic carbocycles. The van der Waals surface area contributed by atoms with E-state index in [1.54, 1.807) is 12.1 Å². The maximum Gasteiger partial charge on any atom is 0.160 e. The first kappa shape index (κ1) is 13.1. The molecule has 1 aliphatic heterocycles. The molecule has 0 bridgehead atoms. The van der Waals surface area contributed by atoms with Crippen molar-refractivity contribution in [3.63, 3.8) is 0 Å². The topological polar surface area (TPSA) is 75.8 Å². The van der Waals surface area contributed by atoms with Gasteiger partial charge < -0.3 is 4.57 Å². The molecule has 3 rings (SSSR count). The highest BCUT2D eigenvalue weighted by atomic mass is 32.2. The fourth-order valence-electron chi connectivity index (χ4n) is 2.86. The van der Waals surface area contributed by atoms with Gasteiger partial charge in [-0.2, -0.15) is 5.26 Å². The monoisotopic (exact) mass is 289 g/mol. The van der Waals surface area contributed by atoms with Crippen LogP contribution in [-0.4, -0.2) is 23.7 Å². The predicted molar refractivity (Wildman–Crippen MR) is 75.8 cm³/mol. The van der Waals surface area contributed by atoms with Crippen molar-refractivity contribution in [1.82, 2.24) is 9.55 Å².